The first-order chi connectivity index (χ1) is 10.1. The molecule has 2 rings (SSSR count). The number of carbonyl (C=O) groups excluding carboxylic acids is 1. The molecule has 0 saturated heterocycles. The van der Waals surface area contributed by atoms with Crippen LogP contribution < -0.4 is 10.1 Å². The minimum Gasteiger partial charge on any atom is -0.497 e. The summed E-state index contributed by atoms with van der Waals surface area (Å²) in [6.07, 6.45) is 2.82. The van der Waals surface area contributed by atoms with Gasteiger partial charge < -0.3 is 15.2 Å². The number of amides is 1. The Labute approximate surface area is 124 Å². The molecule has 5 nitrogen and oxygen atoms in total. The van der Waals surface area contributed by atoms with Gasteiger partial charge >= 0.3 is 5.97 Å². The van der Waals surface area contributed by atoms with Crippen LogP contribution >= 0.6 is 0 Å². The van der Waals surface area contributed by atoms with Gasteiger partial charge in [-0.05, 0) is 36.5 Å². The number of aliphatic carboxylic acids is 1. The molecule has 2 atom stereocenters. The van der Waals surface area contributed by atoms with E-state index in [2.05, 4.69) is 5.32 Å². The summed E-state index contributed by atoms with van der Waals surface area (Å²) in [4.78, 5) is 23.0. The van der Waals surface area contributed by atoms with Crippen LogP contribution in [0, 0.1) is 11.8 Å². The minimum absolute atomic E-state index is 0.0577. The van der Waals surface area contributed by atoms with Gasteiger partial charge in [-0.25, -0.2) is 0 Å². The van der Waals surface area contributed by atoms with Crippen molar-refractivity contribution in [3.8, 4) is 5.75 Å². The number of hydrogen-bond acceptors (Lipinski definition) is 3. The fraction of sp³-hybridized carbons (Fsp3) is 0.500. The number of ether oxygens (including phenoxy) is 1. The first kappa shape index (κ1) is 15.4. The van der Waals surface area contributed by atoms with E-state index in [0.717, 1.165) is 24.2 Å². The van der Waals surface area contributed by atoms with Gasteiger partial charge in [0.2, 0.25) is 5.91 Å². The second kappa shape index (κ2) is 7.11. The number of carboxylic acid groups (broad SMARTS) is 1. The smallest absolute Gasteiger partial charge is 0.306 e. The number of carboxylic acids is 1. The zero-order chi connectivity index (χ0) is 15.2. The van der Waals surface area contributed by atoms with Gasteiger partial charge in [-0.15, -0.1) is 0 Å². The Morgan fingerprint density at radius 3 is 2.62 bits per heavy atom. The van der Waals surface area contributed by atoms with E-state index in [9.17, 15) is 9.59 Å². The average molecular weight is 291 g/mol. The molecule has 1 amide bonds. The molecule has 21 heavy (non-hydrogen) atoms. The molecule has 1 fully saturated rings. The van der Waals surface area contributed by atoms with E-state index in [1.807, 2.05) is 24.3 Å². The van der Waals surface area contributed by atoms with Crippen LogP contribution in [0.3, 0.4) is 0 Å². The van der Waals surface area contributed by atoms with Crippen LogP contribution in [-0.4, -0.2) is 30.6 Å². The normalized spacial score (nSPS) is 21.0. The summed E-state index contributed by atoms with van der Waals surface area (Å²) in [5.41, 5.74) is 0.912. The molecular weight excluding hydrogens is 270 g/mol. The SMILES string of the molecule is COc1ccc(CC(=O)NCC2CCCC2C(=O)O)cc1. The van der Waals surface area contributed by atoms with Crippen LogP contribution in [0.15, 0.2) is 24.3 Å². The lowest BCUT2D eigenvalue weighted by Crippen LogP contribution is -2.33. The van der Waals surface area contributed by atoms with Gasteiger partial charge in [0.05, 0.1) is 19.4 Å². The van der Waals surface area contributed by atoms with Gasteiger partial charge in [-0.1, -0.05) is 18.6 Å². The van der Waals surface area contributed by atoms with E-state index < -0.39 is 5.97 Å². The van der Waals surface area contributed by atoms with Crippen molar-refractivity contribution in [2.75, 3.05) is 13.7 Å². The summed E-state index contributed by atoms with van der Waals surface area (Å²) < 4.78 is 5.07. The fourth-order valence-electron chi connectivity index (χ4n) is 2.84. The second-order valence-corrected chi connectivity index (χ2v) is 5.46. The van der Waals surface area contributed by atoms with Crippen molar-refractivity contribution < 1.29 is 19.4 Å². The lowest BCUT2D eigenvalue weighted by molar-refractivity contribution is -0.143. The molecule has 1 aliphatic carbocycles. The third kappa shape index (κ3) is 4.21. The first-order valence-corrected chi connectivity index (χ1v) is 7.22. The highest BCUT2D eigenvalue weighted by molar-refractivity contribution is 5.78. The lowest BCUT2D eigenvalue weighted by Gasteiger charge is -2.16. The zero-order valence-corrected chi connectivity index (χ0v) is 12.2. The van der Waals surface area contributed by atoms with Crippen molar-refractivity contribution in [3.63, 3.8) is 0 Å². The van der Waals surface area contributed by atoms with E-state index in [1.165, 1.54) is 0 Å². The summed E-state index contributed by atoms with van der Waals surface area (Å²) in [5, 5.41) is 12.0. The first-order valence-electron chi connectivity index (χ1n) is 7.22. The van der Waals surface area contributed by atoms with E-state index in [1.54, 1.807) is 7.11 Å². The van der Waals surface area contributed by atoms with Crippen molar-refractivity contribution in [2.24, 2.45) is 11.8 Å². The minimum atomic E-state index is -0.748. The van der Waals surface area contributed by atoms with Crippen molar-refractivity contribution in [2.45, 2.75) is 25.7 Å². The molecule has 114 valence electrons. The number of methoxy groups -OCH3 is 1. The third-order valence-electron chi connectivity index (χ3n) is 4.06. The second-order valence-electron chi connectivity index (χ2n) is 5.46. The zero-order valence-electron chi connectivity index (χ0n) is 12.2. The summed E-state index contributed by atoms with van der Waals surface area (Å²) in [6, 6.07) is 7.35. The molecule has 5 heteroatoms. The number of nitrogens with one attached hydrogen (secondary N) is 1. The molecule has 0 heterocycles. The van der Waals surface area contributed by atoms with E-state index in [4.69, 9.17) is 9.84 Å². The summed E-state index contributed by atoms with van der Waals surface area (Å²) in [6.45, 7) is 0.450. The number of benzene rings is 1. The predicted molar refractivity (Wildman–Crippen MR) is 78.2 cm³/mol. The van der Waals surface area contributed by atoms with Gasteiger partial charge in [0.25, 0.3) is 0 Å². The summed E-state index contributed by atoms with van der Waals surface area (Å²) in [7, 11) is 1.60. The number of hydrogen-bond donors (Lipinski definition) is 2. The topological polar surface area (TPSA) is 75.6 Å². The Hall–Kier alpha value is -2.04. The van der Waals surface area contributed by atoms with Gasteiger partial charge in [0.1, 0.15) is 5.75 Å². The molecule has 1 aliphatic rings. The predicted octanol–water partition coefficient (Wildman–Crippen LogP) is 1.85. The van der Waals surface area contributed by atoms with Crippen LogP contribution in [0.2, 0.25) is 0 Å². The van der Waals surface area contributed by atoms with Gasteiger partial charge in [0.15, 0.2) is 0 Å². The molecule has 0 bridgehead atoms. The summed E-state index contributed by atoms with van der Waals surface area (Å²) in [5.74, 6) is -0.318. The Kier molecular flexibility index (Phi) is 5.20. The molecule has 1 aromatic rings. The van der Waals surface area contributed by atoms with Crippen LogP contribution in [0.5, 0.6) is 5.75 Å². The number of carbonyl (C=O) groups is 2. The fourth-order valence-corrected chi connectivity index (χ4v) is 2.84. The largest absolute Gasteiger partial charge is 0.497 e. The van der Waals surface area contributed by atoms with Crippen molar-refractivity contribution in [1.82, 2.24) is 5.32 Å². The maximum atomic E-state index is 11.9. The van der Waals surface area contributed by atoms with E-state index >= 15 is 0 Å². The molecule has 0 radical (unpaired) electrons. The molecule has 1 aromatic carbocycles. The Morgan fingerprint density at radius 1 is 1.29 bits per heavy atom. The van der Waals surface area contributed by atoms with E-state index in [0.29, 0.717) is 19.4 Å². The van der Waals surface area contributed by atoms with Crippen LogP contribution in [0.1, 0.15) is 24.8 Å². The van der Waals surface area contributed by atoms with Crippen LogP contribution in [0.4, 0.5) is 0 Å². The molecule has 0 aromatic heterocycles. The molecule has 0 spiro atoms. The van der Waals surface area contributed by atoms with Crippen molar-refractivity contribution >= 4 is 11.9 Å². The third-order valence-corrected chi connectivity index (χ3v) is 4.06. The highest BCUT2D eigenvalue weighted by Crippen LogP contribution is 2.31. The maximum absolute atomic E-state index is 11.9. The van der Waals surface area contributed by atoms with Gasteiger partial charge in [-0.2, -0.15) is 0 Å². The van der Waals surface area contributed by atoms with Gasteiger partial charge in [0, 0.05) is 6.54 Å². The van der Waals surface area contributed by atoms with Crippen molar-refractivity contribution in [3.05, 3.63) is 29.8 Å². The standard InChI is InChI=1S/C16H21NO4/c1-21-13-7-5-11(6-8-13)9-15(18)17-10-12-3-2-4-14(12)16(19)20/h5-8,12,14H,2-4,9-10H2,1H3,(H,17,18)(H,19,20). The Morgan fingerprint density at radius 2 is 2.00 bits per heavy atom. The quantitative estimate of drug-likeness (QED) is 0.838. The molecule has 1 saturated carbocycles. The summed E-state index contributed by atoms with van der Waals surface area (Å²) >= 11 is 0. The lowest BCUT2D eigenvalue weighted by atomic mass is 9.96. The average Bonchev–Trinajstić information content (AvgIpc) is 2.94. The van der Waals surface area contributed by atoms with Gasteiger partial charge in [-0.3, -0.25) is 9.59 Å². The molecule has 0 aliphatic heterocycles. The number of rotatable bonds is 6. The Balaban J connectivity index is 1.80. The maximum Gasteiger partial charge on any atom is 0.306 e. The van der Waals surface area contributed by atoms with Crippen LogP contribution in [0.25, 0.3) is 0 Å². The van der Waals surface area contributed by atoms with Crippen molar-refractivity contribution in [1.29, 1.82) is 0 Å². The highest BCUT2D eigenvalue weighted by Gasteiger charge is 2.32. The molecule has 2 unspecified atom stereocenters. The van der Waals surface area contributed by atoms with E-state index in [-0.39, 0.29) is 17.7 Å². The monoisotopic (exact) mass is 291 g/mol. The molecule has 2 N–H and O–H groups in total. The highest BCUT2D eigenvalue weighted by atomic mass is 16.5. The van der Waals surface area contributed by atoms with Crippen LogP contribution in [-0.2, 0) is 16.0 Å². The molecular formula is C16H21NO4. The Bertz CT molecular complexity index is 498.